The first kappa shape index (κ1) is 18.7. The second-order valence-corrected chi connectivity index (χ2v) is 8.19. The van der Waals surface area contributed by atoms with Gasteiger partial charge in [0.15, 0.2) is 0 Å². The van der Waals surface area contributed by atoms with Crippen LogP contribution in [0.25, 0.3) is 0 Å². The topological polar surface area (TPSA) is 49.4 Å². The van der Waals surface area contributed by atoms with E-state index in [2.05, 4.69) is 41.7 Å². The number of hydrogen-bond donors (Lipinski definition) is 1. The van der Waals surface area contributed by atoms with Gasteiger partial charge in [0, 0.05) is 31.5 Å². The van der Waals surface area contributed by atoms with E-state index in [1.54, 1.807) is 0 Å². The lowest BCUT2D eigenvalue weighted by atomic mass is 9.64. The zero-order valence-electron chi connectivity index (χ0n) is 16.3. The molecular formula is C24H28N2O2. The number of likely N-dealkylation sites (tertiary alicyclic amines) is 1. The number of benzene rings is 2. The number of carbonyl (C=O) groups is 2. The summed E-state index contributed by atoms with van der Waals surface area (Å²) >= 11 is 0. The molecule has 1 atom stereocenters. The van der Waals surface area contributed by atoms with Crippen molar-refractivity contribution >= 4 is 11.8 Å². The van der Waals surface area contributed by atoms with E-state index in [4.69, 9.17) is 0 Å². The van der Waals surface area contributed by atoms with Crippen molar-refractivity contribution in [2.45, 2.75) is 37.5 Å². The van der Waals surface area contributed by atoms with Crippen LogP contribution in [0.1, 0.15) is 36.8 Å². The average Bonchev–Trinajstić information content (AvgIpc) is 3.08. The number of hydrogen-bond acceptors (Lipinski definition) is 2. The molecule has 4 nitrogen and oxygen atoms in total. The molecule has 0 spiro atoms. The predicted octanol–water partition coefficient (Wildman–Crippen LogP) is 3.32. The van der Waals surface area contributed by atoms with Crippen LogP contribution in [-0.4, -0.2) is 36.3 Å². The molecule has 1 aliphatic heterocycles. The first-order valence-corrected chi connectivity index (χ1v) is 10.3. The highest BCUT2D eigenvalue weighted by Gasteiger charge is 2.40. The van der Waals surface area contributed by atoms with Crippen LogP contribution in [0.4, 0.5) is 0 Å². The molecule has 0 bridgehead atoms. The van der Waals surface area contributed by atoms with Crippen LogP contribution >= 0.6 is 0 Å². The molecular weight excluding hydrogens is 348 g/mol. The maximum Gasteiger partial charge on any atom is 0.225 e. The molecule has 2 aromatic rings. The summed E-state index contributed by atoms with van der Waals surface area (Å²) in [6, 6.07) is 20.7. The molecule has 1 aliphatic carbocycles. The number of amides is 2. The van der Waals surface area contributed by atoms with Gasteiger partial charge in [0.05, 0.1) is 5.92 Å². The Bertz CT molecular complexity index is 815. The largest absolute Gasteiger partial charge is 0.355 e. The summed E-state index contributed by atoms with van der Waals surface area (Å²) in [6.07, 6.45) is 4.60. The van der Waals surface area contributed by atoms with Crippen LogP contribution in [-0.2, 0) is 21.4 Å². The minimum atomic E-state index is -0.226. The Morgan fingerprint density at radius 2 is 1.71 bits per heavy atom. The van der Waals surface area contributed by atoms with Crippen LogP contribution < -0.4 is 5.32 Å². The van der Waals surface area contributed by atoms with Crippen molar-refractivity contribution in [1.82, 2.24) is 10.2 Å². The highest BCUT2D eigenvalue weighted by molar-refractivity contribution is 5.89. The second-order valence-electron chi connectivity index (χ2n) is 8.19. The number of nitrogens with one attached hydrogen (secondary N) is 1. The molecule has 1 saturated heterocycles. The van der Waals surface area contributed by atoms with E-state index in [9.17, 15) is 9.59 Å². The van der Waals surface area contributed by atoms with Crippen LogP contribution in [0.2, 0.25) is 0 Å². The van der Waals surface area contributed by atoms with Gasteiger partial charge in [-0.2, -0.15) is 0 Å². The summed E-state index contributed by atoms with van der Waals surface area (Å²) in [6.45, 7) is 1.89. The van der Waals surface area contributed by atoms with E-state index in [1.807, 2.05) is 29.2 Å². The molecule has 146 valence electrons. The summed E-state index contributed by atoms with van der Waals surface area (Å²) < 4.78 is 0. The van der Waals surface area contributed by atoms with E-state index < -0.39 is 0 Å². The van der Waals surface area contributed by atoms with E-state index in [0.29, 0.717) is 26.1 Å². The quantitative estimate of drug-likeness (QED) is 0.806. The van der Waals surface area contributed by atoms with Crippen molar-refractivity contribution in [2.75, 3.05) is 19.6 Å². The Morgan fingerprint density at radius 1 is 1.04 bits per heavy atom. The Balaban J connectivity index is 1.30. The number of carbonyl (C=O) groups excluding carboxylic acids is 2. The number of rotatable bonds is 7. The van der Waals surface area contributed by atoms with Crippen molar-refractivity contribution in [2.24, 2.45) is 5.92 Å². The van der Waals surface area contributed by atoms with Gasteiger partial charge in [0.25, 0.3) is 0 Å². The minimum Gasteiger partial charge on any atom is -0.355 e. The molecule has 1 saturated carbocycles. The van der Waals surface area contributed by atoms with Gasteiger partial charge in [0.2, 0.25) is 11.8 Å². The van der Waals surface area contributed by atoms with Crippen molar-refractivity contribution in [3.8, 4) is 0 Å². The maximum absolute atomic E-state index is 12.7. The highest BCUT2D eigenvalue weighted by atomic mass is 16.2. The van der Waals surface area contributed by atoms with E-state index in [0.717, 1.165) is 19.3 Å². The Hall–Kier alpha value is -2.62. The zero-order chi connectivity index (χ0) is 19.4. The van der Waals surface area contributed by atoms with Crippen LogP contribution in [0, 0.1) is 5.92 Å². The first-order chi connectivity index (χ1) is 13.7. The molecule has 4 heteroatoms. The summed E-state index contributed by atoms with van der Waals surface area (Å²) in [7, 11) is 0. The zero-order valence-corrected chi connectivity index (χ0v) is 16.3. The Morgan fingerprint density at radius 3 is 2.36 bits per heavy atom. The van der Waals surface area contributed by atoms with E-state index in [-0.39, 0.29) is 23.1 Å². The molecule has 2 aromatic carbocycles. The molecule has 2 amide bonds. The third-order valence-corrected chi connectivity index (χ3v) is 6.40. The maximum atomic E-state index is 12.7. The third kappa shape index (κ3) is 3.96. The molecule has 28 heavy (non-hydrogen) atoms. The third-order valence-electron chi connectivity index (χ3n) is 6.40. The van der Waals surface area contributed by atoms with Gasteiger partial charge in [-0.3, -0.25) is 9.59 Å². The summed E-state index contributed by atoms with van der Waals surface area (Å²) in [4.78, 5) is 26.9. The normalized spacial score (nSPS) is 20.6. The average molecular weight is 377 g/mol. The first-order valence-electron chi connectivity index (χ1n) is 10.3. The SMILES string of the molecule is O=C(NCC1(c2ccccc2)CCC1)C1CC(=O)N(CCc2ccccc2)C1. The fraction of sp³-hybridized carbons (Fsp3) is 0.417. The van der Waals surface area contributed by atoms with Gasteiger partial charge in [-0.05, 0) is 30.4 Å². The lowest BCUT2D eigenvalue weighted by Gasteiger charge is -2.42. The monoisotopic (exact) mass is 376 g/mol. The van der Waals surface area contributed by atoms with E-state index in [1.165, 1.54) is 17.5 Å². The van der Waals surface area contributed by atoms with Gasteiger partial charge in [-0.15, -0.1) is 0 Å². The Kier molecular flexibility index (Phi) is 5.47. The van der Waals surface area contributed by atoms with Crippen LogP contribution in [0.15, 0.2) is 60.7 Å². The van der Waals surface area contributed by atoms with Gasteiger partial charge in [-0.25, -0.2) is 0 Å². The van der Waals surface area contributed by atoms with Gasteiger partial charge < -0.3 is 10.2 Å². The molecule has 0 radical (unpaired) electrons. The summed E-state index contributed by atoms with van der Waals surface area (Å²) in [5, 5.41) is 3.16. The van der Waals surface area contributed by atoms with Gasteiger partial charge >= 0.3 is 0 Å². The predicted molar refractivity (Wildman–Crippen MR) is 110 cm³/mol. The van der Waals surface area contributed by atoms with Crippen LogP contribution in [0.5, 0.6) is 0 Å². The van der Waals surface area contributed by atoms with Crippen molar-refractivity contribution in [3.63, 3.8) is 0 Å². The molecule has 4 rings (SSSR count). The second kappa shape index (κ2) is 8.17. The molecule has 1 unspecified atom stereocenters. The molecule has 0 aromatic heterocycles. The molecule has 2 aliphatic rings. The van der Waals surface area contributed by atoms with Crippen molar-refractivity contribution in [3.05, 3.63) is 71.8 Å². The van der Waals surface area contributed by atoms with Crippen molar-refractivity contribution < 1.29 is 9.59 Å². The molecule has 1 N–H and O–H groups in total. The Labute approximate surface area is 166 Å². The smallest absolute Gasteiger partial charge is 0.225 e. The van der Waals surface area contributed by atoms with Gasteiger partial charge in [-0.1, -0.05) is 67.1 Å². The molecule has 1 heterocycles. The molecule has 2 fully saturated rings. The summed E-state index contributed by atoms with van der Waals surface area (Å²) in [5.74, 6) is -0.105. The lowest BCUT2D eigenvalue weighted by molar-refractivity contribution is -0.129. The standard InChI is InChI=1S/C24H28N2O2/c27-22-16-20(17-26(22)15-12-19-8-3-1-4-9-19)23(28)25-18-24(13-7-14-24)21-10-5-2-6-11-21/h1-6,8-11,20H,7,12-18H2,(H,25,28). The fourth-order valence-electron chi connectivity index (χ4n) is 4.44. The fourth-order valence-corrected chi connectivity index (χ4v) is 4.44. The van der Waals surface area contributed by atoms with E-state index >= 15 is 0 Å². The lowest BCUT2D eigenvalue weighted by Crippen LogP contribution is -2.47. The number of nitrogens with zero attached hydrogens (tertiary/aromatic N) is 1. The van der Waals surface area contributed by atoms with Crippen LogP contribution in [0.3, 0.4) is 0 Å². The van der Waals surface area contributed by atoms with Gasteiger partial charge in [0.1, 0.15) is 0 Å². The summed E-state index contributed by atoms with van der Waals surface area (Å²) in [5.41, 5.74) is 2.61. The minimum absolute atomic E-state index is 0.0257. The highest BCUT2D eigenvalue weighted by Crippen LogP contribution is 2.43. The van der Waals surface area contributed by atoms with Crippen molar-refractivity contribution in [1.29, 1.82) is 0 Å².